The Morgan fingerprint density at radius 1 is 1.10 bits per heavy atom. The number of nitrogens with one attached hydrogen (secondary N) is 1. The fourth-order valence-corrected chi connectivity index (χ4v) is 4.54. The summed E-state index contributed by atoms with van der Waals surface area (Å²) in [5.41, 5.74) is 3.35. The fraction of sp³-hybridized carbons (Fsp3) is 0.375. The topological polar surface area (TPSA) is 48.4 Å². The first-order valence-corrected chi connectivity index (χ1v) is 10.8. The van der Waals surface area contributed by atoms with E-state index in [0.717, 1.165) is 28.7 Å². The van der Waals surface area contributed by atoms with E-state index in [4.69, 9.17) is 11.6 Å². The zero-order valence-electron chi connectivity index (χ0n) is 17.3. The van der Waals surface area contributed by atoms with Crippen LogP contribution in [0.5, 0.6) is 5.75 Å². The highest BCUT2D eigenvalue weighted by Gasteiger charge is 2.22. The summed E-state index contributed by atoms with van der Waals surface area (Å²) in [5, 5.41) is 14.2. The van der Waals surface area contributed by atoms with Crippen molar-refractivity contribution in [3.8, 4) is 16.9 Å². The first-order valence-electron chi connectivity index (χ1n) is 10.4. The molecule has 0 unspecified atom stereocenters. The van der Waals surface area contributed by atoms with Crippen molar-refractivity contribution in [3.05, 3.63) is 53.4 Å². The van der Waals surface area contributed by atoms with Crippen LogP contribution in [-0.4, -0.2) is 41.7 Å². The number of aromatic hydroxyl groups is 1. The molecule has 2 N–H and O–H groups in total. The van der Waals surface area contributed by atoms with E-state index in [2.05, 4.69) is 29.3 Å². The quantitative estimate of drug-likeness (QED) is 0.529. The number of nitrogens with zero attached hydrogens (tertiary/aromatic N) is 2. The predicted octanol–water partition coefficient (Wildman–Crippen LogP) is 5.93. The van der Waals surface area contributed by atoms with Gasteiger partial charge in [0.25, 0.3) is 0 Å². The van der Waals surface area contributed by atoms with Crippen molar-refractivity contribution < 1.29 is 9.50 Å². The second-order valence-corrected chi connectivity index (χ2v) is 8.81. The lowest BCUT2D eigenvalue weighted by Gasteiger charge is -2.32. The number of aromatic nitrogens is 1. The van der Waals surface area contributed by atoms with E-state index in [0.29, 0.717) is 17.5 Å². The van der Waals surface area contributed by atoms with Crippen molar-refractivity contribution in [1.82, 2.24) is 9.88 Å². The summed E-state index contributed by atoms with van der Waals surface area (Å²) in [6, 6.07) is 11.4. The Labute approximate surface area is 181 Å². The van der Waals surface area contributed by atoms with Gasteiger partial charge < -0.3 is 15.3 Å². The molecule has 0 atom stereocenters. The predicted molar refractivity (Wildman–Crippen MR) is 122 cm³/mol. The minimum absolute atomic E-state index is 0.00274. The lowest BCUT2D eigenvalue weighted by molar-refractivity contribution is 0.198. The normalized spacial score (nSPS) is 19.4. The summed E-state index contributed by atoms with van der Waals surface area (Å²) in [7, 11) is 4.33. The van der Waals surface area contributed by atoms with Crippen LogP contribution in [0.3, 0.4) is 0 Å². The number of anilines is 1. The minimum Gasteiger partial charge on any atom is -0.504 e. The molecule has 158 valence electrons. The molecular weight excluding hydrogens is 401 g/mol. The minimum atomic E-state index is -0.726. The molecule has 0 amide bonds. The van der Waals surface area contributed by atoms with Gasteiger partial charge in [0, 0.05) is 29.9 Å². The molecule has 4 rings (SSSR count). The molecule has 0 radical (unpaired) electrons. The highest BCUT2D eigenvalue weighted by Crippen LogP contribution is 2.35. The number of phenolic OH excluding ortho intramolecular Hbond substituents is 1. The van der Waals surface area contributed by atoms with Crippen LogP contribution >= 0.6 is 11.6 Å². The van der Waals surface area contributed by atoms with E-state index < -0.39 is 11.6 Å². The lowest BCUT2D eigenvalue weighted by atomic mass is 9.85. The summed E-state index contributed by atoms with van der Waals surface area (Å²) in [5.74, 6) is -0.581. The lowest BCUT2D eigenvalue weighted by Crippen LogP contribution is -2.33. The van der Waals surface area contributed by atoms with E-state index in [-0.39, 0.29) is 5.02 Å². The standard InChI is InChI=1S/C24H27ClFN3O/c1-29(2)18-6-3-15(4-7-18)14-28-23-9-10-27-22-8-5-16(11-19(22)23)17-12-20(25)24(30)21(26)13-17/h5,8-13,15,18,30H,3-4,6-7,14H2,1-2H3,(H,27,28). The summed E-state index contributed by atoms with van der Waals surface area (Å²) in [4.78, 5) is 6.80. The van der Waals surface area contributed by atoms with Crippen LogP contribution in [0.1, 0.15) is 25.7 Å². The molecule has 30 heavy (non-hydrogen) atoms. The van der Waals surface area contributed by atoms with E-state index >= 15 is 0 Å². The van der Waals surface area contributed by atoms with Crippen molar-refractivity contribution in [3.63, 3.8) is 0 Å². The van der Waals surface area contributed by atoms with Gasteiger partial charge >= 0.3 is 0 Å². The summed E-state index contributed by atoms with van der Waals surface area (Å²) < 4.78 is 14.0. The van der Waals surface area contributed by atoms with E-state index in [1.807, 2.05) is 30.5 Å². The number of fused-ring (bicyclic) bond motifs is 1. The average molecular weight is 428 g/mol. The molecule has 0 saturated heterocycles. The fourth-order valence-electron chi connectivity index (χ4n) is 4.33. The van der Waals surface area contributed by atoms with Gasteiger partial charge in [-0.2, -0.15) is 0 Å². The summed E-state index contributed by atoms with van der Waals surface area (Å²) in [6.45, 7) is 0.934. The van der Waals surface area contributed by atoms with Crippen LogP contribution in [0, 0.1) is 11.7 Å². The van der Waals surface area contributed by atoms with Gasteiger partial charge in [-0.25, -0.2) is 4.39 Å². The van der Waals surface area contributed by atoms with Gasteiger partial charge in [-0.05, 0) is 87.2 Å². The SMILES string of the molecule is CN(C)C1CCC(CNc2ccnc3ccc(-c4cc(F)c(O)c(Cl)c4)cc23)CC1. The second-order valence-electron chi connectivity index (χ2n) is 8.40. The third-order valence-corrected chi connectivity index (χ3v) is 6.51. The number of hydrogen-bond acceptors (Lipinski definition) is 4. The monoisotopic (exact) mass is 427 g/mol. The van der Waals surface area contributed by atoms with Gasteiger partial charge in [0.2, 0.25) is 0 Å². The van der Waals surface area contributed by atoms with Gasteiger partial charge in [0.05, 0.1) is 10.5 Å². The molecule has 1 aromatic heterocycles. The zero-order valence-corrected chi connectivity index (χ0v) is 18.1. The Bertz CT molecular complexity index is 1020. The molecule has 2 aromatic carbocycles. The summed E-state index contributed by atoms with van der Waals surface area (Å²) >= 11 is 5.97. The zero-order chi connectivity index (χ0) is 21.3. The molecule has 3 aromatic rings. The first-order chi connectivity index (χ1) is 14.4. The molecule has 1 saturated carbocycles. The van der Waals surface area contributed by atoms with Gasteiger partial charge in [-0.3, -0.25) is 4.98 Å². The number of pyridine rings is 1. The maximum Gasteiger partial charge on any atom is 0.170 e. The number of phenols is 1. The molecular formula is C24H27ClFN3O. The van der Waals surface area contributed by atoms with Crippen molar-refractivity contribution >= 4 is 28.2 Å². The van der Waals surface area contributed by atoms with Crippen molar-refractivity contribution in [2.24, 2.45) is 5.92 Å². The molecule has 1 heterocycles. The smallest absolute Gasteiger partial charge is 0.170 e. The maximum absolute atomic E-state index is 14.0. The molecule has 1 aliphatic carbocycles. The van der Waals surface area contributed by atoms with Crippen LogP contribution < -0.4 is 5.32 Å². The van der Waals surface area contributed by atoms with Crippen LogP contribution in [-0.2, 0) is 0 Å². The summed E-state index contributed by atoms with van der Waals surface area (Å²) in [6.07, 6.45) is 6.76. The van der Waals surface area contributed by atoms with E-state index in [9.17, 15) is 9.50 Å². The van der Waals surface area contributed by atoms with E-state index in [1.165, 1.54) is 31.7 Å². The Hall–Kier alpha value is -2.37. The van der Waals surface area contributed by atoms with Crippen molar-refractivity contribution in [2.75, 3.05) is 26.0 Å². The molecule has 1 aliphatic rings. The Morgan fingerprint density at radius 3 is 2.57 bits per heavy atom. The molecule has 6 heteroatoms. The van der Waals surface area contributed by atoms with Crippen molar-refractivity contribution in [1.29, 1.82) is 0 Å². The van der Waals surface area contributed by atoms with Crippen LogP contribution in [0.15, 0.2) is 42.6 Å². The Morgan fingerprint density at radius 2 is 1.87 bits per heavy atom. The highest BCUT2D eigenvalue weighted by atomic mass is 35.5. The van der Waals surface area contributed by atoms with Gasteiger partial charge in [-0.1, -0.05) is 17.7 Å². The largest absolute Gasteiger partial charge is 0.504 e. The third kappa shape index (κ3) is 4.37. The number of rotatable bonds is 5. The van der Waals surface area contributed by atoms with Crippen LogP contribution in [0.2, 0.25) is 5.02 Å². The average Bonchev–Trinajstić information content (AvgIpc) is 2.75. The Balaban J connectivity index is 1.55. The molecule has 0 spiro atoms. The van der Waals surface area contributed by atoms with Gasteiger partial charge in [0.15, 0.2) is 11.6 Å². The van der Waals surface area contributed by atoms with E-state index in [1.54, 1.807) is 6.07 Å². The first kappa shape index (κ1) is 20.9. The third-order valence-electron chi connectivity index (χ3n) is 6.22. The van der Waals surface area contributed by atoms with Gasteiger partial charge in [-0.15, -0.1) is 0 Å². The number of hydrogen-bond donors (Lipinski definition) is 2. The maximum atomic E-state index is 14.0. The molecule has 0 bridgehead atoms. The molecule has 0 aliphatic heterocycles. The second kappa shape index (κ2) is 8.78. The number of halogens is 2. The Kier molecular flexibility index (Phi) is 6.11. The highest BCUT2D eigenvalue weighted by molar-refractivity contribution is 6.32. The van der Waals surface area contributed by atoms with Crippen LogP contribution in [0.25, 0.3) is 22.0 Å². The van der Waals surface area contributed by atoms with Crippen molar-refractivity contribution in [2.45, 2.75) is 31.7 Å². The van der Waals surface area contributed by atoms with Crippen LogP contribution in [0.4, 0.5) is 10.1 Å². The number of benzene rings is 2. The molecule has 1 fully saturated rings. The van der Waals surface area contributed by atoms with Gasteiger partial charge in [0.1, 0.15) is 0 Å². The molecule has 4 nitrogen and oxygen atoms in total.